The number of amides is 8. The number of ether oxygens (including phenoxy) is 2. The van der Waals surface area contributed by atoms with E-state index in [-0.39, 0.29) is 31.3 Å². The number of nitrogens with one attached hydrogen (secondary N) is 6. The second-order valence-corrected chi connectivity index (χ2v) is 15.6. The van der Waals surface area contributed by atoms with E-state index in [1.165, 1.54) is 33.7 Å². The first-order valence-electron chi connectivity index (χ1n) is 20.3. The number of imide groups is 1. The fourth-order valence-electron chi connectivity index (χ4n) is 6.56. The fraction of sp³-hybridized carbons (Fsp3) is 0.475. The minimum atomic E-state index is -1.62. The quantitative estimate of drug-likeness (QED) is 0.0553. The number of aromatic amines is 1. The molecule has 5 rings (SSSR count). The van der Waals surface area contributed by atoms with Crippen LogP contribution < -0.4 is 26.6 Å². The van der Waals surface area contributed by atoms with Gasteiger partial charge in [-0.25, -0.2) is 19.7 Å². The lowest BCUT2D eigenvalue weighted by atomic mass is 9.95. The van der Waals surface area contributed by atoms with Gasteiger partial charge in [-0.3, -0.25) is 38.5 Å². The zero-order valence-electron chi connectivity index (χ0n) is 36.1. The Balaban J connectivity index is 1.01. The number of aromatic nitrogens is 4. The van der Waals surface area contributed by atoms with Gasteiger partial charge in [-0.15, -0.1) is 0 Å². The summed E-state index contributed by atoms with van der Waals surface area (Å²) in [4.78, 5) is 119. The molecule has 1 fully saturated rings. The summed E-state index contributed by atoms with van der Waals surface area (Å²) in [7, 11) is 2.63. The van der Waals surface area contributed by atoms with Crippen LogP contribution in [0.15, 0.2) is 49.1 Å². The van der Waals surface area contributed by atoms with E-state index in [1.54, 1.807) is 38.1 Å². The van der Waals surface area contributed by atoms with Crippen LogP contribution in [0.1, 0.15) is 32.8 Å². The molecule has 0 unspecified atom stereocenters. The molecular weight excluding hydrogens is 857 g/mol. The molecular formula is C40H52N12O13. The largest absolute Gasteiger partial charge is 0.445 e. The van der Waals surface area contributed by atoms with Crippen molar-refractivity contribution in [3.8, 4) is 0 Å². The van der Waals surface area contributed by atoms with E-state index in [4.69, 9.17) is 9.47 Å². The molecule has 1 aromatic carbocycles. The third-order valence-corrected chi connectivity index (χ3v) is 10.3. The summed E-state index contributed by atoms with van der Waals surface area (Å²) in [5.41, 5.74) is 1.63. The van der Waals surface area contributed by atoms with E-state index in [2.05, 4.69) is 46.5 Å². The lowest BCUT2D eigenvalue weighted by Gasteiger charge is -2.42. The minimum Gasteiger partial charge on any atom is -0.445 e. The van der Waals surface area contributed by atoms with Gasteiger partial charge < -0.3 is 66.2 Å². The number of aliphatic hydroxyl groups excluding tert-OH is 3. The first kappa shape index (κ1) is 48.9. The van der Waals surface area contributed by atoms with Crippen molar-refractivity contribution in [2.45, 2.75) is 76.5 Å². The number of H-pyrrole nitrogens is 1. The normalized spacial score (nSPS) is 20.2. The molecule has 7 atom stereocenters. The summed E-state index contributed by atoms with van der Waals surface area (Å²) in [6.45, 7) is 2.87. The molecule has 25 heteroatoms. The summed E-state index contributed by atoms with van der Waals surface area (Å²) >= 11 is 0. The molecule has 2 aromatic heterocycles. The van der Waals surface area contributed by atoms with Crippen molar-refractivity contribution in [3.05, 3.63) is 54.6 Å². The number of hydrogen-bond donors (Lipinski definition) is 9. The van der Waals surface area contributed by atoms with E-state index in [1.807, 2.05) is 0 Å². The van der Waals surface area contributed by atoms with Crippen molar-refractivity contribution in [3.63, 3.8) is 0 Å². The molecule has 350 valence electrons. The maximum Gasteiger partial charge on any atom is 0.410 e. The molecule has 9 N–H and O–H groups in total. The van der Waals surface area contributed by atoms with Crippen LogP contribution in [0.5, 0.6) is 0 Å². The molecule has 2 aliphatic heterocycles. The Bertz CT molecular complexity index is 2250. The third kappa shape index (κ3) is 12.8. The number of rotatable bonds is 19. The molecule has 0 bridgehead atoms. The van der Waals surface area contributed by atoms with Crippen molar-refractivity contribution in [2.75, 3.05) is 51.0 Å². The molecule has 25 nitrogen and oxygen atoms in total. The average molecular weight is 909 g/mol. The lowest BCUT2D eigenvalue weighted by molar-refractivity contribution is -0.185. The third-order valence-electron chi connectivity index (χ3n) is 10.3. The molecule has 0 radical (unpaired) electrons. The monoisotopic (exact) mass is 908 g/mol. The van der Waals surface area contributed by atoms with E-state index >= 15 is 0 Å². The Kier molecular flexibility index (Phi) is 16.6. The summed E-state index contributed by atoms with van der Waals surface area (Å²) in [5, 5.41) is 44.9. The van der Waals surface area contributed by atoms with Crippen molar-refractivity contribution < 1.29 is 63.1 Å². The second-order valence-electron chi connectivity index (χ2n) is 15.6. The van der Waals surface area contributed by atoms with Crippen LogP contribution in [-0.2, 0) is 49.6 Å². The summed E-state index contributed by atoms with van der Waals surface area (Å²) in [6, 6.07) is 2.95. The molecule has 2 aliphatic rings. The zero-order valence-corrected chi connectivity index (χ0v) is 36.1. The Morgan fingerprint density at radius 2 is 1.58 bits per heavy atom. The molecule has 0 aliphatic carbocycles. The average Bonchev–Trinajstić information content (AvgIpc) is 3.89. The van der Waals surface area contributed by atoms with E-state index in [0.717, 1.165) is 26.9 Å². The molecule has 0 spiro atoms. The molecule has 1 saturated heterocycles. The van der Waals surface area contributed by atoms with Gasteiger partial charge in [-0.05, 0) is 30.5 Å². The summed E-state index contributed by atoms with van der Waals surface area (Å²) in [6.07, 6.45) is -1.88. The van der Waals surface area contributed by atoms with Gasteiger partial charge in [-0.2, -0.15) is 0 Å². The first-order chi connectivity index (χ1) is 30.9. The van der Waals surface area contributed by atoms with Crippen molar-refractivity contribution in [1.82, 2.24) is 50.6 Å². The highest BCUT2D eigenvalue weighted by Gasteiger charge is 2.45. The molecule has 8 amide bonds. The van der Waals surface area contributed by atoms with Crippen LogP contribution in [-0.4, -0.2) is 180 Å². The lowest BCUT2D eigenvalue weighted by Crippen LogP contribution is -2.66. The Hall–Kier alpha value is -7.09. The zero-order chi connectivity index (χ0) is 47.5. The SMILES string of the molecule is CC(C)[C@H](NC(=O)CCN1C(=O)C=CC1=O)C(=O)N[C@@H](C)C(=O)Nc1ccc(COC(=O)N(C)CC(=O)N(C)CC(=O)N[C@@H]2[C@@H](O)[C@H](O)[C@@H](Nc3ncnc4nc[nH]c34)O[C@H]2CO)cc1. The smallest absolute Gasteiger partial charge is 0.410 e. The highest BCUT2D eigenvalue weighted by atomic mass is 16.6. The van der Waals surface area contributed by atoms with Gasteiger partial charge in [0.05, 0.1) is 25.5 Å². The highest BCUT2D eigenvalue weighted by molar-refractivity contribution is 6.13. The highest BCUT2D eigenvalue weighted by Crippen LogP contribution is 2.24. The predicted octanol–water partition coefficient (Wildman–Crippen LogP) is -2.69. The summed E-state index contributed by atoms with van der Waals surface area (Å²) in [5.74, 6) is -4.34. The van der Waals surface area contributed by atoms with E-state index in [0.29, 0.717) is 22.4 Å². The van der Waals surface area contributed by atoms with Crippen LogP contribution in [0, 0.1) is 5.92 Å². The van der Waals surface area contributed by atoms with Crippen molar-refractivity contribution in [2.24, 2.45) is 5.92 Å². The number of likely N-dealkylation sites (N-methyl/N-ethyl adjacent to an activating group) is 2. The number of anilines is 2. The molecule has 0 saturated carbocycles. The van der Waals surface area contributed by atoms with Crippen LogP contribution in [0.4, 0.5) is 16.3 Å². The Morgan fingerprint density at radius 1 is 0.892 bits per heavy atom. The summed E-state index contributed by atoms with van der Waals surface area (Å²) < 4.78 is 11.1. The van der Waals surface area contributed by atoms with Gasteiger partial charge in [0, 0.05) is 44.9 Å². The predicted molar refractivity (Wildman–Crippen MR) is 225 cm³/mol. The maximum absolute atomic E-state index is 13.0. The van der Waals surface area contributed by atoms with E-state index < -0.39 is 110 Å². The van der Waals surface area contributed by atoms with Gasteiger partial charge in [0.2, 0.25) is 29.5 Å². The number of hydrogen-bond acceptors (Lipinski definition) is 17. The molecule has 65 heavy (non-hydrogen) atoms. The number of carbonyl (C=O) groups is 8. The van der Waals surface area contributed by atoms with Crippen LogP contribution in [0.25, 0.3) is 11.2 Å². The number of benzene rings is 1. The number of carbonyl (C=O) groups excluding carboxylic acids is 8. The Morgan fingerprint density at radius 3 is 2.25 bits per heavy atom. The standard InChI is InChI=1S/C40H52N12O13/c1-20(2)30(47-25(54)12-13-52-27(56)10-11-28(52)57)38(62)45-21(3)37(61)46-23-8-6-22(7-9-23)17-64-40(63)51(5)15-29(58)50(4)14-26(55)48-31-24(16-53)65-39(34(60)33(31)59)49-36-32-35(42-18-41-32)43-19-44-36/h6-11,18-21,24,30-31,33-34,39,53,59-60H,12-17H2,1-5H3,(H,45,62)(H,46,61)(H,47,54)(H,48,55)(H2,41,42,43,44,49)/t21-,24-,30-,31-,33+,34-,39-/m0/s1. The Labute approximate surface area is 371 Å². The van der Waals surface area contributed by atoms with Gasteiger partial charge in [0.15, 0.2) is 17.7 Å². The number of aliphatic hydroxyl groups is 3. The van der Waals surface area contributed by atoms with Crippen LogP contribution in [0.3, 0.4) is 0 Å². The number of nitrogens with zero attached hydrogens (tertiary/aromatic N) is 6. The number of fused-ring (bicyclic) bond motifs is 1. The maximum atomic E-state index is 13.0. The van der Waals surface area contributed by atoms with Crippen LogP contribution >= 0.6 is 0 Å². The molecule has 4 heterocycles. The minimum absolute atomic E-state index is 0.151. The van der Waals surface area contributed by atoms with Gasteiger partial charge >= 0.3 is 6.09 Å². The second kappa shape index (κ2) is 22.0. The van der Waals surface area contributed by atoms with E-state index in [9.17, 15) is 53.7 Å². The topological polar surface area (TPSA) is 340 Å². The van der Waals surface area contributed by atoms with Gasteiger partial charge in [0.25, 0.3) is 11.8 Å². The van der Waals surface area contributed by atoms with Gasteiger partial charge in [0.1, 0.15) is 55.4 Å². The van der Waals surface area contributed by atoms with Crippen LogP contribution in [0.2, 0.25) is 0 Å². The fourth-order valence-corrected chi connectivity index (χ4v) is 6.56. The first-order valence-corrected chi connectivity index (χ1v) is 20.3. The number of imidazole rings is 1. The molecule has 3 aromatic rings. The van der Waals surface area contributed by atoms with Crippen molar-refractivity contribution >= 4 is 70.1 Å². The van der Waals surface area contributed by atoms with Crippen molar-refractivity contribution in [1.29, 1.82) is 0 Å². The van der Waals surface area contributed by atoms with Gasteiger partial charge in [-0.1, -0.05) is 26.0 Å².